The van der Waals surface area contributed by atoms with Gasteiger partial charge >= 0.3 is 0 Å². The third-order valence-corrected chi connectivity index (χ3v) is 4.85. The first-order chi connectivity index (χ1) is 14.0. The molecule has 3 heterocycles. The minimum Gasteiger partial charge on any atom is -0.497 e. The first kappa shape index (κ1) is 19.3. The number of methoxy groups -OCH3 is 1. The summed E-state index contributed by atoms with van der Waals surface area (Å²) in [6, 6.07) is 7.53. The highest BCUT2D eigenvalue weighted by Gasteiger charge is 2.44. The molecule has 11 heteroatoms. The van der Waals surface area contributed by atoms with E-state index in [1.165, 1.54) is 10.9 Å². The van der Waals surface area contributed by atoms with Crippen LogP contribution in [0.25, 0.3) is 11.2 Å². The molecule has 0 saturated carbocycles. The van der Waals surface area contributed by atoms with Crippen LogP contribution >= 0.6 is 0 Å². The zero-order valence-electron chi connectivity index (χ0n) is 15.6. The average Bonchev–Trinajstić information content (AvgIpc) is 3.28. The predicted octanol–water partition coefficient (Wildman–Crippen LogP) is -0.359. The maximum absolute atomic E-state index is 10.3. The second-order valence-electron chi connectivity index (χ2n) is 6.69. The van der Waals surface area contributed by atoms with Crippen LogP contribution in [0.1, 0.15) is 11.8 Å². The van der Waals surface area contributed by atoms with Crippen LogP contribution in [0.4, 0.5) is 11.8 Å². The van der Waals surface area contributed by atoms with Gasteiger partial charge in [-0.25, -0.2) is 4.98 Å². The van der Waals surface area contributed by atoms with Crippen molar-refractivity contribution < 1.29 is 24.8 Å². The Labute approximate surface area is 165 Å². The Hall–Kier alpha value is -2.99. The highest BCUT2D eigenvalue weighted by Crippen LogP contribution is 2.32. The average molecular weight is 402 g/mol. The van der Waals surface area contributed by atoms with Crippen LogP contribution in [0.2, 0.25) is 0 Å². The van der Waals surface area contributed by atoms with Gasteiger partial charge in [0.15, 0.2) is 17.7 Å². The fraction of sp³-hybridized carbons (Fsp3) is 0.389. The summed E-state index contributed by atoms with van der Waals surface area (Å²) in [5.74, 6) is 1.20. The lowest BCUT2D eigenvalue weighted by molar-refractivity contribution is -0.0511. The first-order valence-electron chi connectivity index (χ1n) is 9.01. The number of nitrogens with zero attached hydrogens (tertiary/aromatic N) is 4. The molecule has 11 nitrogen and oxygen atoms in total. The minimum atomic E-state index is -1.25. The lowest BCUT2D eigenvalue weighted by atomic mass is 10.1. The number of anilines is 2. The lowest BCUT2D eigenvalue weighted by Crippen LogP contribution is -2.33. The number of ether oxygens (including phenoxy) is 2. The van der Waals surface area contributed by atoms with Gasteiger partial charge in [0.25, 0.3) is 0 Å². The third-order valence-electron chi connectivity index (χ3n) is 4.85. The van der Waals surface area contributed by atoms with Crippen molar-refractivity contribution in [2.75, 3.05) is 24.8 Å². The lowest BCUT2D eigenvalue weighted by Gasteiger charge is -2.17. The third kappa shape index (κ3) is 3.56. The summed E-state index contributed by atoms with van der Waals surface area (Å²) in [6.07, 6.45) is -2.94. The molecule has 0 amide bonds. The Morgan fingerprint density at radius 1 is 1.21 bits per heavy atom. The molecule has 4 atom stereocenters. The van der Waals surface area contributed by atoms with E-state index in [0.717, 1.165) is 11.3 Å². The number of fused-ring (bicyclic) bond motifs is 1. The van der Waals surface area contributed by atoms with Crippen LogP contribution < -0.4 is 15.8 Å². The topological polar surface area (TPSA) is 161 Å². The summed E-state index contributed by atoms with van der Waals surface area (Å²) >= 11 is 0. The molecular weight excluding hydrogens is 380 g/mol. The number of aliphatic hydroxyl groups is 3. The van der Waals surface area contributed by atoms with E-state index < -0.39 is 31.1 Å². The van der Waals surface area contributed by atoms with E-state index in [1.807, 2.05) is 24.3 Å². The molecule has 6 N–H and O–H groups in total. The van der Waals surface area contributed by atoms with Crippen molar-refractivity contribution in [3.05, 3.63) is 36.2 Å². The second-order valence-corrected chi connectivity index (χ2v) is 6.69. The van der Waals surface area contributed by atoms with Gasteiger partial charge in [-0.1, -0.05) is 12.1 Å². The Balaban J connectivity index is 1.59. The molecule has 1 unspecified atom stereocenters. The molecule has 154 valence electrons. The van der Waals surface area contributed by atoms with Crippen LogP contribution in [-0.2, 0) is 11.3 Å². The summed E-state index contributed by atoms with van der Waals surface area (Å²) < 4.78 is 12.2. The number of rotatable bonds is 6. The molecule has 1 aliphatic rings. The molecule has 0 radical (unpaired) electrons. The standard InChI is InChI=1S/C18H22N6O5/c1-28-10-4-2-9(3-5-10)6-20-18-22-15(19)12-16(23-18)24(8-21-12)17-14(27)13(26)11(7-25)29-17/h2-5,8,11,13-14,17,25-27H,6-7H2,1H3,(H3,19,20,22,23)/t11-,13-,14-,17?/m1/s1. The van der Waals surface area contributed by atoms with Crippen LogP contribution in [0, 0.1) is 0 Å². The maximum Gasteiger partial charge on any atom is 0.227 e. The molecule has 29 heavy (non-hydrogen) atoms. The van der Waals surface area contributed by atoms with Crippen LogP contribution in [0.5, 0.6) is 5.75 Å². The van der Waals surface area contributed by atoms with Gasteiger partial charge in [0.2, 0.25) is 5.95 Å². The minimum absolute atomic E-state index is 0.165. The summed E-state index contributed by atoms with van der Waals surface area (Å²) in [7, 11) is 1.61. The smallest absolute Gasteiger partial charge is 0.227 e. The Kier molecular flexibility index (Phi) is 5.20. The van der Waals surface area contributed by atoms with Gasteiger partial charge in [-0.2, -0.15) is 9.97 Å². The van der Waals surface area contributed by atoms with Gasteiger partial charge in [-0.05, 0) is 17.7 Å². The Bertz CT molecular complexity index is 994. The predicted molar refractivity (Wildman–Crippen MR) is 103 cm³/mol. The molecule has 1 saturated heterocycles. The molecular formula is C18H22N6O5. The molecule has 1 fully saturated rings. The van der Waals surface area contributed by atoms with Gasteiger partial charge in [0.05, 0.1) is 20.0 Å². The zero-order valence-corrected chi connectivity index (χ0v) is 15.6. The van der Waals surface area contributed by atoms with E-state index >= 15 is 0 Å². The Morgan fingerprint density at radius 3 is 2.62 bits per heavy atom. The zero-order chi connectivity index (χ0) is 20.5. The van der Waals surface area contributed by atoms with E-state index in [-0.39, 0.29) is 11.8 Å². The molecule has 0 spiro atoms. The highest BCUT2D eigenvalue weighted by atomic mass is 16.6. The highest BCUT2D eigenvalue weighted by molar-refractivity contribution is 5.83. The van der Waals surface area contributed by atoms with Crippen molar-refractivity contribution in [3.8, 4) is 5.75 Å². The Morgan fingerprint density at radius 2 is 1.97 bits per heavy atom. The van der Waals surface area contributed by atoms with Crippen LogP contribution in [0.3, 0.4) is 0 Å². The number of nitrogen functional groups attached to an aromatic ring is 1. The van der Waals surface area contributed by atoms with E-state index in [1.54, 1.807) is 7.11 Å². The number of imidazole rings is 1. The SMILES string of the molecule is COc1ccc(CNc2nc(N)c3ncn(C4O[C@H](CO)[C@@H](O)[C@H]4O)c3n2)cc1. The van der Waals surface area contributed by atoms with Crippen molar-refractivity contribution >= 4 is 22.9 Å². The van der Waals surface area contributed by atoms with Crippen molar-refractivity contribution in [1.29, 1.82) is 0 Å². The second kappa shape index (κ2) is 7.79. The summed E-state index contributed by atoms with van der Waals surface area (Å²) in [5, 5.41) is 32.7. The van der Waals surface area contributed by atoms with Crippen LogP contribution in [0.15, 0.2) is 30.6 Å². The van der Waals surface area contributed by atoms with Gasteiger partial charge < -0.3 is 35.8 Å². The molecule has 0 bridgehead atoms. The summed E-state index contributed by atoms with van der Waals surface area (Å²) in [4.78, 5) is 12.8. The molecule has 1 aromatic carbocycles. The number of benzene rings is 1. The number of nitrogens with two attached hydrogens (primary N) is 1. The van der Waals surface area contributed by atoms with Crippen LogP contribution in [-0.4, -0.2) is 66.9 Å². The van der Waals surface area contributed by atoms with Gasteiger partial charge in [-0.3, -0.25) is 4.57 Å². The van der Waals surface area contributed by atoms with Gasteiger partial charge in [-0.15, -0.1) is 0 Å². The first-order valence-corrected chi connectivity index (χ1v) is 9.01. The molecule has 0 aliphatic carbocycles. The number of nitrogens with one attached hydrogen (secondary N) is 1. The van der Waals surface area contributed by atoms with E-state index in [9.17, 15) is 15.3 Å². The molecule has 2 aromatic heterocycles. The van der Waals surface area contributed by atoms with Crippen molar-refractivity contribution in [2.24, 2.45) is 0 Å². The van der Waals surface area contributed by atoms with Crippen molar-refractivity contribution in [1.82, 2.24) is 19.5 Å². The van der Waals surface area contributed by atoms with E-state index in [0.29, 0.717) is 17.7 Å². The normalized spacial score (nSPS) is 24.1. The van der Waals surface area contributed by atoms with Gasteiger partial charge in [0.1, 0.15) is 29.6 Å². The number of hydrogen-bond donors (Lipinski definition) is 5. The molecule has 3 aromatic rings. The monoisotopic (exact) mass is 402 g/mol. The number of aromatic nitrogens is 4. The quantitative estimate of drug-likeness (QED) is 0.368. The summed E-state index contributed by atoms with van der Waals surface area (Å²) in [5.41, 5.74) is 7.69. The van der Waals surface area contributed by atoms with E-state index in [4.69, 9.17) is 15.2 Å². The summed E-state index contributed by atoms with van der Waals surface area (Å²) in [6.45, 7) is 0.0318. The largest absolute Gasteiger partial charge is 0.497 e. The van der Waals surface area contributed by atoms with Crippen molar-refractivity contribution in [3.63, 3.8) is 0 Å². The fourth-order valence-electron chi connectivity index (χ4n) is 3.24. The molecule has 4 rings (SSSR count). The molecule has 1 aliphatic heterocycles. The van der Waals surface area contributed by atoms with E-state index in [2.05, 4.69) is 20.3 Å². The fourth-order valence-corrected chi connectivity index (χ4v) is 3.24. The van der Waals surface area contributed by atoms with Gasteiger partial charge in [0, 0.05) is 6.54 Å². The maximum atomic E-state index is 10.3. The number of hydrogen-bond acceptors (Lipinski definition) is 10. The number of aliphatic hydroxyl groups excluding tert-OH is 3. The van der Waals surface area contributed by atoms with Crippen molar-refractivity contribution in [2.45, 2.75) is 31.1 Å².